The first-order valence-corrected chi connectivity index (χ1v) is 7.87. The predicted octanol–water partition coefficient (Wildman–Crippen LogP) is 1.12. The summed E-state index contributed by atoms with van der Waals surface area (Å²) >= 11 is 1.22. The van der Waals surface area contributed by atoms with Gasteiger partial charge in [-0.05, 0) is 32.9 Å². The number of carbonyl (C=O) groups excluding carboxylic acids is 1. The Morgan fingerprint density at radius 2 is 2.19 bits per heavy atom. The lowest BCUT2D eigenvalue weighted by atomic mass is 10.3. The molecule has 21 heavy (non-hydrogen) atoms. The lowest BCUT2D eigenvalue weighted by molar-refractivity contribution is 0.0691. The van der Waals surface area contributed by atoms with Gasteiger partial charge >= 0.3 is 12.0 Å². The van der Waals surface area contributed by atoms with Crippen LogP contribution in [0.25, 0.3) is 0 Å². The highest BCUT2D eigenvalue weighted by Gasteiger charge is 2.16. The molecule has 0 spiro atoms. The Balaban J connectivity index is 1.69. The number of carboxylic acids is 1. The van der Waals surface area contributed by atoms with Crippen molar-refractivity contribution in [3.05, 3.63) is 16.1 Å². The highest BCUT2D eigenvalue weighted by atomic mass is 32.1. The SMILES string of the molecule is CC(CN1CCCC1)NC(=O)NCc1nc(C(=O)O)cs1. The molecule has 1 unspecified atom stereocenters. The number of urea groups is 1. The van der Waals surface area contributed by atoms with E-state index in [1.807, 2.05) is 6.92 Å². The zero-order chi connectivity index (χ0) is 15.2. The Morgan fingerprint density at radius 3 is 2.81 bits per heavy atom. The molecule has 7 nitrogen and oxygen atoms in total. The number of nitrogens with one attached hydrogen (secondary N) is 2. The van der Waals surface area contributed by atoms with E-state index in [0.29, 0.717) is 5.01 Å². The van der Waals surface area contributed by atoms with Gasteiger partial charge in [-0.1, -0.05) is 0 Å². The summed E-state index contributed by atoms with van der Waals surface area (Å²) in [5, 5.41) is 16.4. The fraction of sp³-hybridized carbons (Fsp3) is 0.615. The van der Waals surface area contributed by atoms with Crippen molar-refractivity contribution in [2.45, 2.75) is 32.4 Å². The molecule has 2 rings (SSSR count). The maximum atomic E-state index is 11.8. The van der Waals surface area contributed by atoms with Crippen LogP contribution in [-0.4, -0.2) is 52.7 Å². The van der Waals surface area contributed by atoms with Crippen LogP contribution in [0.3, 0.4) is 0 Å². The Morgan fingerprint density at radius 1 is 1.48 bits per heavy atom. The largest absolute Gasteiger partial charge is 0.476 e. The Kier molecular flexibility index (Phi) is 5.51. The highest BCUT2D eigenvalue weighted by Crippen LogP contribution is 2.09. The van der Waals surface area contributed by atoms with Crippen LogP contribution < -0.4 is 10.6 Å². The van der Waals surface area contributed by atoms with Gasteiger partial charge in [0.15, 0.2) is 5.69 Å². The number of nitrogens with zero attached hydrogens (tertiary/aromatic N) is 2. The summed E-state index contributed by atoms with van der Waals surface area (Å²) in [5.41, 5.74) is 0.0135. The molecule has 1 atom stereocenters. The number of rotatable bonds is 6. The fourth-order valence-corrected chi connectivity index (χ4v) is 3.03. The molecule has 1 aliphatic heterocycles. The monoisotopic (exact) mass is 312 g/mol. The van der Waals surface area contributed by atoms with Gasteiger partial charge in [0.1, 0.15) is 5.01 Å². The van der Waals surface area contributed by atoms with Crippen LogP contribution in [0.15, 0.2) is 5.38 Å². The molecule has 0 aromatic carbocycles. The lowest BCUT2D eigenvalue weighted by Gasteiger charge is -2.21. The minimum absolute atomic E-state index is 0.0135. The van der Waals surface area contributed by atoms with E-state index >= 15 is 0 Å². The van der Waals surface area contributed by atoms with Gasteiger partial charge in [-0.2, -0.15) is 0 Å². The minimum Gasteiger partial charge on any atom is -0.476 e. The summed E-state index contributed by atoms with van der Waals surface area (Å²) < 4.78 is 0. The molecule has 1 aliphatic rings. The zero-order valence-corrected chi connectivity index (χ0v) is 12.8. The number of hydrogen-bond donors (Lipinski definition) is 3. The van der Waals surface area contributed by atoms with Gasteiger partial charge in [-0.25, -0.2) is 14.6 Å². The predicted molar refractivity (Wildman–Crippen MR) is 79.6 cm³/mol. The standard InChI is InChI=1S/C13H20N4O3S/c1-9(7-17-4-2-3-5-17)15-13(20)14-6-11-16-10(8-21-11)12(18)19/h8-9H,2-7H2,1H3,(H,18,19)(H2,14,15,20). The van der Waals surface area contributed by atoms with E-state index in [9.17, 15) is 9.59 Å². The van der Waals surface area contributed by atoms with Crippen LogP contribution in [0.2, 0.25) is 0 Å². The van der Waals surface area contributed by atoms with Crippen molar-refractivity contribution in [3.63, 3.8) is 0 Å². The molecule has 2 amide bonds. The first kappa shape index (κ1) is 15.7. The molecule has 1 saturated heterocycles. The molecule has 0 saturated carbocycles. The van der Waals surface area contributed by atoms with Crippen molar-refractivity contribution in [1.29, 1.82) is 0 Å². The minimum atomic E-state index is -1.05. The van der Waals surface area contributed by atoms with Gasteiger partial charge < -0.3 is 20.6 Å². The zero-order valence-electron chi connectivity index (χ0n) is 12.0. The van der Waals surface area contributed by atoms with E-state index in [2.05, 4.69) is 20.5 Å². The van der Waals surface area contributed by atoms with Crippen molar-refractivity contribution < 1.29 is 14.7 Å². The summed E-state index contributed by atoms with van der Waals surface area (Å²) in [6.07, 6.45) is 2.46. The third-order valence-corrected chi connectivity index (χ3v) is 4.13. The van der Waals surface area contributed by atoms with Gasteiger partial charge in [0, 0.05) is 18.0 Å². The van der Waals surface area contributed by atoms with Gasteiger partial charge in [0.25, 0.3) is 0 Å². The van der Waals surface area contributed by atoms with E-state index in [4.69, 9.17) is 5.11 Å². The summed E-state index contributed by atoms with van der Waals surface area (Å²) in [7, 11) is 0. The van der Waals surface area contributed by atoms with Crippen LogP contribution in [-0.2, 0) is 6.54 Å². The van der Waals surface area contributed by atoms with Gasteiger partial charge in [0.2, 0.25) is 0 Å². The molecule has 0 aliphatic carbocycles. The third-order valence-electron chi connectivity index (χ3n) is 3.28. The summed E-state index contributed by atoms with van der Waals surface area (Å²) in [6, 6.07) is -0.178. The lowest BCUT2D eigenvalue weighted by Crippen LogP contribution is -2.45. The third kappa shape index (κ3) is 4.98. The van der Waals surface area contributed by atoms with Crippen molar-refractivity contribution >= 4 is 23.3 Å². The quantitative estimate of drug-likeness (QED) is 0.732. The van der Waals surface area contributed by atoms with E-state index in [-0.39, 0.29) is 24.3 Å². The van der Waals surface area contributed by atoms with Crippen LogP contribution in [0, 0.1) is 0 Å². The van der Waals surface area contributed by atoms with Crippen molar-refractivity contribution in [3.8, 4) is 0 Å². The van der Waals surface area contributed by atoms with E-state index in [1.54, 1.807) is 0 Å². The number of hydrogen-bond acceptors (Lipinski definition) is 5. The summed E-state index contributed by atoms with van der Waals surface area (Å²) in [6.45, 7) is 5.27. The first-order chi connectivity index (χ1) is 10.0. The van der Waals surface area contributed by atoms with Gasteiger partial charge in [-0.15, -0.1) is 11.3 Å². The summed E-state index contributed by atoms with van der Waals surface area (Å²) in [5.74, 6) is -1.05. The van der Waals surface area contributed by atoms with Gasteiger partial charge in [0.05, 0.1) is 6.54 Å². The number of carboxylic acid groups (broad SMARTS) is 1. The molecule has 2 heterocycles. The molecule has 3 N–H and O–H groups in total. The smallest absolute Gasteiger partial charge is 0.355 e. The van der Waals surface area contributed by atoms with Crippen LogP contribution >= 0.6 is 11.3 Å². The molecule has 1 fully saturated rings. The van der Waals surface area contributed by atoms with E-state index in [1.165, 1.54) is 29.6 Å². The van der Waals surface area contributed by atoms with Crippen molar-refractivity contribution in [2.75, 3.05) is 19.6 Å². The van der Waals surface area contributed by atoms with Crippen LogP contribution in [0.1, 0.15) is 35.3 Å². The molecule has 1 aromatic rings. The Bertz CT molecular complexity index is 499. The Hall–Kier alpha value is -1.67. The normalized spacial score (nSPS) is 16.6. The molecule has 0 bridgehead atoms. The maximum Gasteiger partial charge on any atom is 0.355 e. The van der Waals surface area contributed by atoms with Crippen molar-refractivity contribution in [2.24, 2.45) is 0 Å². The molecule has 116 valence electrons. The van der Waals surface area contributed by atoms with Crippen LogP contribution in [0.5, 0.6) is 0 Å². The number of thiazole rings is 1. The molecule has 8 heteroatoms. The van der Waals surface area contributed by atoms with Crippen LogP contribution in [0.4, 0.5) is 4.79 Å². The second-order valence-electron chi connectivity index (χ2n) is 5.17. The number of amides is 2. The van der Waals surface area contributed by atoms with Crippen molar-refractivity contribution in [1.82, 2.24) is 20.5 Å². The first-order valence-electron chi connectivity index (χ1n) is 6.99. The topological polar surface area (TPSA) is 94.6 Å². The molecular weight excluding hydrogens is 292 g/mol. The summed E-state index contributed by atoms with van der Waals surface area (Å²) in [4.78, 5) is 28.7. The van der Waals surface area contributed by atoms with Gasteiger partial charge in [-0.3, -0.25) is 0 Å². The fourth-order valence-electron chi connectivity index (χ4n) is 2.32. The average molecular weight is 312 g/mol. The van der Waals surface area contributed by atoms with E-state index < -0.39 is 5.97 Å². The average Bonchev–Trinajstić information content (AvgIpc) is 3.06. The number of carbonyl (C=O) groups is 2. The molecular formula is C13H20N4O3S. The number of aromatic carboxylic acids is 1. The molecule has 0 radical (unpaired) electrons. The molecule has 1 aromatic heterocycles. The second-order valence-corrected chi connectivity index (χ2v) is 6.11. The Labute approximate surface area is 127 Å². The van der Waals surface area contributed by atoms with E-state index in [0.717, 1.165) is 19.6 Å². The number of likely N-dealkylation sites (tertiary alicyclic amines) is 1. The number of aromatic nitrogens is 1. The highest BCUT2D eigenvalue weighted by molar-refractivity contribution is 7.09. The maximum absolute atomic E-state index is 11.8. The second kappa shape index (κ2) is 7.37.